The molecule has 2 fully saturated rings. The van der Waals surface area contributed by atoms with Crippen molar-refractivity contribution < 1.29 is 4.79 Å². The van der Waals surface area contributed by atoms with Gasteiger partial charge in [0.15, 0.2) is 5.65 Å². The highest BCUT2D eigenvalue weighted by Crippen LogP contribution is 2.40. The maximum absolute atomic E-state index is 13.3. The molecule has 6 rings (SSSR count). The Balaban J connectivity index is 1.37. The van der Waals surface area contributed by atoms with Gasteiger partial charge in [-0.15, -0.1) is 11.3 Å². The number of nitrogens with one attached hydrogen (secondary N) is 2. The fourth-order valence-corrected chi connectivity index (χ4v) is 6.77. The molecule has 0 spiro atoms. The number of thiophene rings is 1. The van der Waals surface area contributed by atoms with E-state index in [1.807, 2.05) is 21.7 Å². The number of hydrogen-bond acceptors (Lipinski definition) is 5. The third-order valence-electron chi connectivity index (χ3n) is 7.11. The summed E-state index contributed by atoms with van der Waals surface area (Å²) in [6, 6.07) is 4.67. The predicted octanol–water partition coefficient (Wildman–Crippen LogP) is 4.19. The minimum atomic E-state index is 0.169. The van der Waals surface area contributed by atoms with Crippen LogP contribution in [0.15, 0.2) is 24.7 Å². The van der Waals surface area contributed by atoms with E-state index in [1.165, 1.54) is 16.7 Å². The van der Waals surface area contributed by atoms with Crippen LogP contribution in [0.2, 0.25) is 0 Å². The van der Waals surface area contributed by atoms with Crippen LogP contribution in [0.4, 0.5) is 0 Å². The lowest BCUT2D eigenvalue weighted by Crippen LogP contribution is -2.48. The van der Waals surface area contributed by atoms with E-state index in [0.29, 0.717) is 12.0 Å². The van der Waals surface area contributed by atoms with Crippen LogP contribution in [0.5, 0.6) is 0 Å². The molecule has 6 heterocycles. The van der Waals surface area contributed by atoms with Gasteiger partial charge in [-0.05, 0) is 61.4 Å². The van der Waals surface area contributed by atoms with Crippen LogP contribution >= 0.6 is 11.3 Å². The number of piperidine rings is 1. The van der Waals surface area contributed by atoms with E-state index in [4.69, 9.17) is 0 Å². The molecular weight excluding hydrogens is 420 g/mol. The van der Waals surface area contributed by atoms with E-state index >= 15 is 0 Å². The largest absolute Gasteiger partial charge is 0.354 e. The fraction of sp³-hybridized carbons (Fsp3) is 0.458. The van der Waals surface area contributed by atoms with Gasteiger partial charge in [0.1, 0.15) is 6.33 Å². The smallest absolute Gasteiger partial charge is 0.264 e. The van der Waals surface area contributed by atoms with Crippen molar-refractivity contribution in [1.82, 2.24) is 29.8 Å². The van der Waals surface area contributed by atoms with Crippen molar-refractivity contribution in [2.75, 3.05) is 19.6 Å². The van der Waals surface area contributed by atoms with E-state index in [0.717, 1.165) is 64.8 Å². The summed E-state index contributed by atoms with van der Waals surface area (Å²) in [6.07, 6.45) is 5.97. The molecule has 1 amide bonds. The van der Waals surface area contributed by atoms with Gasteiger partial charge in [0.2, 0.25) is 0 Å². The number of aromatic amines is 1. The van der Waals surface area contributed by atoms with E-state index in [-0.39, 0.29) is 5.91 Å². The summed E-state index contributed by atoms with van der Waals surface area (Å²) >= 11 is 1.63. The highest BCUT2D eigenvalue weighted by Gasteiger charge is 2.35. The second-order valence-electron chi connectivity index (χ2n) is 9.51. The first-order valence-corrected chi connectivity index (χ1v) is 12.3. The van der Waals surface area contributed by atoms with Gasteiger partial charge in [-0.3, -0.25) is 4.79 Å². The zero-order chi connectivity index (χ0) is 22.0. The maximum atomic E-state index is 13.3. The summed E-state index contributed by atoms with van der Waals surface area (Å²) in [4.78, 5) is 24.2. The predicted molar refractivity (Wildman–Crippen MR) is 127 cm³/mol. The second kappa shape index (κ2) is 7.42. The quantitative estimate of drug-likeness (QED) is 0.493. The van der Waals surface area contributed by atoms with Crippen LogP contribution in [0.1, 0.15) is 53.4 Å². The number of aryl methyl sites for hydroxylation is 1. The van der Waals surface area contributed by atoms with Crippen molar-refractivity contribution in [1.29, 1.82) is 0 Å². The van der Waals surface area contributed by atoms with Crippen LogP contribution in [-0.2, 0) is 0 Å². The number of fused-ring (bicyclic) bond motifs is 3. The molecule has 2 N–H and O–H groups in total. The normalized spacial score (nSPS) is 21.2. The molecule has 0 bridgehead atoms. The number of likely N-dealkylation sites (tertiary alicyclic amines) is 1. The number of hydrogen-bond donors (Lipinski definition) is 2. The van der Waals surface area contributed by atoms with Gasteiger partial charge < -0.3 is 15.2 Å². The third-order valence-corrected chi connectivity index (χ3v) is 8.26. The summed E-state index contributed by atoms with van der Waals surface area (Å²) in [5, 5.41) is 7.91. The molecule has 32 heavy (non-hydrogen) atoms. The first-order valence-electron chi connectivity index (χ1n) is 11.5. The molecule has 2 aliphatic heterocycles. The minimum absolute atomic E-state index is 0.169. The van der Waals surface area contributed by atoms with Crippen molar-refractivity contribution in [2.45, 2.75) is 45.6 Å². The molecule has 2 aliphatic rings. The Labute approximate surface area is 190 Å². The Morgan fingerprint density at radius 2 is 2.16 bits per heavy atom. The van der Waals surface area contributed by atoms with Gasteiger partial charge in [-0.25, -0.2) is 9.50 Å². The fourth-order valence-electron chi connectivity index (χ4n) is 5.49. The number of amides is 1. The highest BCUT2D eigenvalue weighted by atomic mass is 32.1. The third kappa shape index (κ3) is 3.08. The number of nitrogens with zero attached hydrogens (tertiary/aromatic N) is 4. The standard InChI is InChI=1S/C24H28N6OS/c1-13(2)20-21(16-8-14(3)23-26-12-27-30(23)10-16)28-17-9-19(32-22(17)20)24(31)29-7-5-15-4-6-25-18(15)11-29/h8-10,12-13,15,18,25,28H,4-7,11H2,1-3H3. The summed E-state index contributed by atoms with van der Waals surface area (Å²) in [5.74, 6) is 1.23. The average Bonchev–Trinajstić information content (AvgIpc) is 3.54. The summed E-state index contributed by atoms with van der Waals surface area (Å²) in [5.41, 5.74) is 6.47. The Morgan fingerprint density at radius 3 is 3.00 bits per heavy atom. The lowest BCUT2D eigenvalue weighted by molar-refractivity contribution is 0.0674. The van der Waals surface area contributed by atoms with Crippen molar-refractivity contribution in [3.8, 4) is 11.3 Å². The van der Waals surface area contributed by atoms with Crippen molar-refractivity contribution in [3.63, 3.8) is 0 Å². The van der Waals surface area contributed by atoms with E-state index in [1.54, 1.807) is 17.7 Å². The molecule has 8 heteroatoms. The van der Waals surface area contributed by atoms with Crippen LogP contribution in [0, 0.1) is 12.8 Å². The molecule has 0 aromatic carbocycles. The Hall–Kier alpha value is -2.71. The zero-order valence-corrected chi connectivity index (χ0v) is 19.5. The topological polar surface area (TPSA) is 78.3 Å². The molecule has 4 aromatic heterocycles. The van der Waals surface area contributed by atoms with Crippen molar-refractivity contribution in [3.05, 3.63) is 40.7 Å². The SMILES string of the molecule is Cc1cc(-c2[nH]c3cc(C(=O)N4CCC5CCNC5C4)sc3c2C(C)C)cn2ncnc12. The first kappa shape index (κ1) is 19.9. The lowest BCUT2D eigenvalue weighted by atomic mass is 9.92. The number of carbonyl (C=O) groups is 1. The van der Waals surface area contributed by atoms with Crippen LogP contribution < -0.4 is 5.32 Å². The van der Waals surface area contributed by atoms with Crippen LogP contribution in [0.3, 0.4) is 0 Å². The Morgan fingerprint density at radius 1 is 1.28 bits per heavy atom. The number of carbonyl (C=O) groups excluding carboxylic acids is 1. The summed E-state index contributed by atoms with van der Waals surface area (Å²) < 4.78 is 3.02. The van der Waals surface area contributed by atoms with Gasteiger partial charge in [-0.2, -0.15) is 5.10 Å². The van der Waals surface area contributed by atoms with Crippen molar-refractivity contribution >= 4 is 33.1 Å². The van der Waals surface area contributed by atoms with Gasteiger partial charge in [-0.1, -0.05) is 13.8 Å². The first-order chi connectivity index (χ1) is 15.5. The molecule has 4 aromatic rings. The molecule has 0 radical (unpaired) electrons. The van der Waals surface area contributed by atoms with Gasteiger partial charge >= 0.3 is 0 Å². The number of H-pyrrole nitrogens is 1. The number of pyridine rings is 1. The molecule has 2 atom stereocenters. The molecule has 2 saturated heterocycles. The van der Waals surface area contributed by atoms with Crippen molar-refractivity contribution in [2.24, 2.45) is 5.92 Å². The summed E-state index contributed by atoms with van der Waals surface area (Å²) in [7, 11) is 0. The minimum Gasteiger partial charge on any atom is -0.354 e. The van der Waals surface area contributed by atoms with Crippen LogP contribution in [0.25, 0.3) is 27.1 Å². The van der Waals surface area contributed by atoms with E-state index < -0.39 is 0 Å². The number of aromatic nitrogens is 4. The summed E-state index contributed by atoms with van der Waals surface area (Å²) in [6.45, 7) is 9.27. The maximum Gasteiger partial charge on any atom is 0.264 e. The molecule has 0 saturated carbocycles. The van der Waals surface area contributed by atoms with Crippen LogP contribution in [-0.4, -0.2) is 56.1 Å². The average molecular weight is 449 g/mol. The zero-order valence-electron chi connectivity index (χ0n) is 18.7. The van der Waals surface area contributed by atoms with E-state index in [2.05, 4.69) is 47.2 Å². The molecule has 0 aliphatic carbocycles. The van der Waals surface area contributed by atoms with Gasteiger partial charge in [0, 0.05) is 30.9 Å². The lowest BCUT2D eigenvalue weighted by Gasteiger charge is -2.34. The number of rotatable bonds is 3. The Bertz CT molecular complexity index is 1330. The van der Waals surface area contributed by atoms with Gasteiger partial charge in [0.05, 0.1) is 20.8 Å². The second-order valence-corrected chi connectivity index (χ2v) is 10.6. The molecule has 2 unspecified atom stereocenters. The molecule has 166 valence electrons. The van der Waals surface area contributed by atoms with Gasteiger partial charge in [0.25, 0.3) is 5.91 Å². The Kier molecular flexibility index (Phi) is 4.62. The molecule has 7 nitrogen and oxygen atoms in total. The van der Waals surface area contributed by atoms with E-state index in [9.17, 15) is 4.79 Å². The molecular formula is C24H28N6OS. The highest BCUT2D eigenvalue weighted by molar-refractivity contribution is 7.21. The monoisotopic (exact) mass is 448 g/mol.